The Morgan fingerprint density at radius 2 is 0.830 bits per heavy atom. The molecule has 0 radical (unpaired) electrons. The third-order valence-electron chi connectivity index (χ3n) is 8.45. The highest BCUT2D eigenvalue weighted by atomic mass is 16.6. The van der Waals surface area contributed by atoms with Gasteiger partial charge in [0.25, 0.3) is 0 Å². The number of unbranched alkanes of at least 4 members (excludes halogenated alkanes) is 4. The van der Waals surface area contributed by atoms with Gasteiger partial charge in [0.2, 0.25) is 0 Å². The van der Waals surface area contributed by atoms with Crippen molar-refractivity contribution in [1.29, 1.82) is 0 Å². The van der Waals surface area contributed by atoms with Gasteiger partial charge in [-0.25, -0.2) is 4.79 Å². The Morgan fingerprint density at radius 3 is 1.25 bits per heavy atom. The lowest BCUT2D eigenvalue weighted by molar-refractivity contribution is -0.0250. The molecular weight excluding hydrogens is 682 g/mol. The van der Waals surface area contributed by atoms with Crippen molar-refractivity contribution < 1.29 is 52.2 Å². The van der Waals surface area contributed by atoms with Gasteiger partial charge in [-0.2, -0.15) is 0 Å². The summed E-state index contributed by atoms with van der Waals surface area (Å²) >= 11 is 0. The first kappa shape index (κ1) is 44.7. The van der Waals surface area contributed by atoms with Crippen LogP contribution in [0.5, 0.6) is 0 Å². The van der Waals surface area contributed by atoms with Crippen molar-refractivity contribution in [2.24, 2.45) is 0 Å². The van der Waals surface area contributed by atoms with Crippen molar-refractivity contribution in [1.82, 2.24) is 5.32 Å². The summed E-state index contributed by atoms with van der Waals surface area (Å²) in [6.45, 7) is 12.8. The molecule has 0 aliphatic heterocycles. The first-order chi connectivity index (χ1) is 26.3. The zero-order valence-electron chi connectivity index (χ0n) is 32.1. The van der Waals surface area contributed by atoms with E-state index in [1.807, 2.05) is 24.3 Å². The molecule has 0 heterocycles. The second-order valence-electron chi connectivity index (χ2n) is 12.5. The number of fused-ring (bicyclic) bond motifs is 3. The summed E-state index contributed by atoms with van der Waals surface area (Å²) in [5.41, 5.74) is 4.82. The minimum atomic E-state index is -0.411. The third kappa shape index (κ3) is 21.1. The molecule has 12 heteroatoms. The van der Waals surface area contributed by atoms with Crippen molar-refractivity contribution in [3.63, 3.8) is 0 Å². The van der Waals surface area contributed by atoms with Crippen LogP contribution < -0.4 is 5.32 Å². The predicted octanol–water partition coefficient (Wildman–Crippen LogP) is 6.04. The highest BCUT2D eigenvalue weighted by Crippen LogP contribution is 2.44. The van der Waals surface area contributed by atoms with Gasteiger partial charge in [0.1, 0.15) is 6.61 Å². The van der Waals surface area contributed by atoms with E-state index in [1.54, 1.807) is 0 Å². The molecule has 1 aliphatic carbocycles. The predicted molar refractivity (Wildman–Crippen MR) is 204 cm³/mol. The second-order valence-corrected chi connectivity index (χ2v) is 12.5. The van der Waals surface area contributed by atoms with Gasteiger partial charge in [-0.15, -0.1) is 0 Å². The van der Waals surface area contributed by atoms with E-state index in [0.717, 1.165) is 13.0 Å². The van der Waals surface area contributed by atoms with Gasteiger partial charge in [-0.05, 0) is 35.1 Å². The number of nitrogens with one attached hydrogen (secondary N) is 1. The summed E-state index contributed by atoms with van der Waals surface area (Å²) in [6, 6.07) is 16.6. The molecule has 2 aromatic carbocycles. The molecule has 0 aromatic heterocycles. The Hall–Kier alpha value is -2.65. The first-order valence-electron chi connectivity index (χ1n) is 19.6. The van der Waals surface area contributed by atoms with Crippen LogP contribution in [0.25, 0.3) is 11.1 Å². The zero-order chi connectivity index (χ0) is 37.3. The molecule has 2 aromatic rings. The Bertz CT molecular complexity index is 1120. The van der Waals surface area contributed by atoms with Gasteiger partial charge < -0.3 is 52.7 Å². The summed E-state index contributed by atoms with van der Waals surface area (Å²) < 4.78 is 55.3. The topological polar surface area (TPSA) is 121 Å². The second kappa shape index (κ2) is 31.7. The molecule has 0 atom stereocenters. The lowest BCUT2D eigenvalue weighted by Gasteiger charge is -2.14. The fraction of sp³-hybridized carbons (Fsp3) is 0.683. The molecule has 3 rings (SSSR count). The maximum Gasteiger partial charge on any atom is 0.407 e. The molecular formula is C41H65NO11. The quantitative estimate of drug-likeness (QED) is 0.0823. The SMILES string of the molecule is CCCCCCCOCCOCCOCCOCCOCCOCCOCCOCCOCCCNC(=O)OCC1c2ccccc2-c2ccccc21. The van der Waals surface area contributed by atoms with E-state index in [2.05, 4.69) is 36.5 Å². The normalized spacial score (nSPS) is 12.2. The summed E-state index contributed by atoms with van der Waals surface area (Å²) in [7, 11) is 0. The van der Waals surface area contributed by atoms with E-state index in [9.17, 15) is 4.79 Å². The summed E-state index contributed by atoms with van der Waals surface area (Å²) in [5, 5.41) is 2.81. The standard InChI is InChI=1S/C41H65NO11/c1-2-3-4-5-10-17-44-19-21-46-23-25-48-27-29-50-31-33-52-34-32-51-30-28-49-26-24-47-22-20-45-18-11-16-42-41(43)53-35-40-38-14-8-6-12-36(38)37-13-7-9-15-39(37)40/h6-9,12-15,40H,2-5,10-11,16-35H2,1H3,(H,42,43). The number of alkyl carbamates (subject to hydrolysis) is 1. The number of amides is 1. The minimum Gasteiger partial charge on any atom is -0.449 e. The Morgan fingerprint density at radius 1 is 0.472 bits per heavy atom. The number of carbonyl (C=O) groups excluding carboxylic acids is 1. The number of hydrogen-bond acceptors (Lipinski definition) is 11. The Balaban J connectivity index is 0.952. The van der Waals surface area contributed by atoms with Crippen molar-refractivity contribution in [2.75, 3.05) is 132 Å². The number of ether oxygens (including phenoxy) is 10. The average Bonchev–Trinajstić information content (AvgIpc) is 3.50. The van der Waals surface area contributed by atoms with Crippen LogP contribution >= 0.6 is 0 Å². The van der Waals surface area contributed by atoms with Gasteiger partial charge in [0.15, 0.2) is 0 Å². The van der Waals surface area contributed by atoms with E-state index in [0.29, 0.717) is 132 Å². The minimum absolute atomic E-state index is 0.0530. The van der Waals surface area contributed by atoms with Gasteiger partial charge in [0, 0.05) is 25.7 Å². The smallest absolute Gasteiger partial charge is 0.407 e. The molecule has 0 saturated heterocycles. The van der Waals surface area contributed by atoms with Crippen molar-refractivity contribution >= 4 is 6.09 Å². The van der Waals surface area contributed by atoms with Crippen molar-refractivity contribution in [2.45, 2.75) is 51.4 Å². The van der Waals surface area contributed by atoms with Crippen molar-refractivity contribution in [3.05, 3.63) is 59.7 Å². The number of hydrogen-bond donors (Lipinski definition) is 1. The molecule has 0 spiro atoms. The fourth-order valence-electron chi connectivity index (χ4n) is 5.68. The van der Waals surface area contributed by atoms with Crippen LogP contribution in [0.4, 0.5) is 4.79 Å². The number of carbonyl (C=O) groups is 1. The molecule has 1 aliphatic rings. The summed E-state index contributed by atoms with van der Waals surface area (Å²) in [6.07, 6.45) is 6.54. The van der Waals surface area contributed by atoms with Crippen LogP contribution in [0, 0.1) is 0 Å². The van der Waals surface area contributed by atoms with Crippen molar-refractivity contribution in [3.8, 4) is 11.1 Å². The van der Waals surface area contributed by atoms with E-state index < -0.39 is 6.09 Å². The first-order valence-corrected chi connectivity index (χ1v) is 19.6. The molecule has 0 bridgehead atoms. The number of rotatable bonds is 36. The molecule has 300 valence electrons. The maximum absolute atomic E-state index is 12.3. The molecule has 0 unspecified atom stereocenters. The van der Waals surface area contributed by atoms with E-state index >= 15 is 0 Å². The summed E-state index contributed by atoms with van der Waals surface area (Å²) in [4.78, 5) is 12.3. The van der Waals surface area contributed by atoms with Crippen LogP contribution in [0.3, 0.4) is 0 Å². The molecule has 1 amide bonds. The average molecular weight is 748 g/mol. The number of benzene rings is 2. The Labute approximate surface area is 317 Å². The van der Waals surface area contributed by atoms with Gasteiger partial charge in [-0.1, -0.05) is 81.1 Å². The molecule has 0 fully saturated rings. The van der Waals surface area contributed by atoms with E-state index in [-0.39, 0.29) is 5.92 Å². The van der Waals surface area contributed by atoms with E-state index in [1.165, 1.54) is 47.9 Å². The molecule has 1 N–H and O–H groups in total. The fourth-order valence-corrected chi connectivity index (χ4v) is 5.68. The maximum atomic E-state index is 12.3. The monoisotopic (exact) mass is 747 g/mol. The van der Waals surface area contributed by atoms with Gasteiger partial charge in [-0.3, -0.25) is 0 Å². The van der Waals surface area contributed by atoms with Gasteiger partial charge >= 0.3 is 6.09 Å². The highest BCUT2D eigenvalue weighted by Gasteiger charge is 2.28. The van der Waals surface area contributed by atoms with Crippen LogP contribution in [0.2, 0.25) is 0 Å². The lowest BCUT2D eigenvalue weighted by atomic mass is 9.98. The van der Waals surface area contributed by atoms with Crippen LogP contribution in [-0.4, -0.2) is 138 Å². The van der Waals surface area contributed by atoms with Crippen LogP contribution in [0.15, 0.2) is 48.5 Å². The van der Waals surface area contributed by atoms with Crippen LogP contribution in [-0.2, 0) is 47.4 Å². The molecule has 53 heavy (non-hydrogen) atoms. The van der Waals surface area contributed by atoms with E-state index in [4.69, 9.17) is 47.4 Å². The molecule has 0 saturated carbocycles. The largest absolute Gasteiger partial charge is 0.449 e. The van der Waals surface area contributed by atoms with Gasteiger partial charge in [0.05, 0.1) is 106 Å². The summed E-state index contributed by atoms with van der Waals surface area (Å²) in [5.74, 6) is 0.0530. The highest BCUT2D eigenvalue weighted by molar-refractivity contribution is 5.79. The third-order valence-corrected chi connectivity index (χ3v) is 8.45. The lowest BCUT2D eigenvalue weighted by Crippen LogP contribution is -2.27. The zero-order valence-corrected chi connectivity index (χ0v) is 32.1. The Kier molecular flexibility index (Phi) is 26.7. The van der Waals surface area contributed by atoms with Crippen LogP contribution in [0.1, 0.15) is 62.5 Å². The molecule has 12 nitrogen and oxygen atoms in total.